The first-order valence-electron chi connectivity index (χ1n) is 9.62. The minimum absolute atomic E-state index is 0.386. The number of nitrogens with zero attached hydrogens (tertiary/aromatic N) is 1. The molecule has 2 atom stereocenters. The largest absolute Gasteiger partial charge is 0.494 e. The van der Waals surface area contributed by atoms with Crippen molar-refractivity contribution in [1.82, 2.24) is 0 Å². The summed E-state index contributed by atoms with van der Waals surface area (Å²) in [6.45, 7) is 7.55. The molecular weight excluding hydrogens is 356 g/mol. The summed E-state index contributed by atoms with van der Waals surface area (Å²) in [5.74, 6) is 0.489. The van der Waals surface area contributed by atoms with Crippen LogP contribution >= 0.6 is 0 Å². The highest BCUT2D eigenvalue weighted by atomic mass is 19.1. The number of rotatable bonds is 4. The summed E-state index contributed by atoms with van der Waals surface area (Å²) in [6, 6.07) is 16.8. The first-order valence-corrected chi connectivity index (χ1v) is 9.62. The highest BCUT2D eigenvalue weighted by molar-refractivity contribution is 6.62. The molecule has 0 unspecified atom stereocenters. The van der Waals surface area contributed by atoms with Crippen LogP contribution in [0.5, 0.6) is 0 Å². The van der Waals surface area contributed by atoms with E-state index in [2.05, 4.69) is 4.99 Å². The Balaban J connectivity index is 1.52. The number of ether oxygens (including phenoxy) is 1. The van der Waals surface area contributed by atoms with Crippen molar-refractivity contribution in [3.63, 3.8) is 0 Å². The van der Waals surface area contributed by atoms with Gasteiger partial charge >= 0.3 is 7.12 Å². The molecule has 0 N–H and O–H groups in total. The van der Waals surface area contributed by atoms with Crippen LogP contribution in [0.3, 0.4) is 0 Å². The molecule has 0 bridgehead atoms. The fourth-order valence-corrected chi connectivity index (χ4v) is 3.40. The minimum atomic E-state index is -0.569. The second kappa shape index (κ2) is 7.01. The van der Waals surface area contributed by atoms with Crippen molar-refractivity contribution in [3.8, 4) is 0 Å². The van der Waals surface area contributed by atoms with E-state index in [1.165, 1.54) is 0 Å². The predicted octanol–water partition coefficient (Wildman–Crippen LogP) is 3.84. The molecule has 4 nitrogen and oxygen atoms in total. The zero-order valence-electron chi connectivity index (χ0n) is 16.7. The van der Waals surface area contributed by atoms with Gasteiger partial charge in [0.2, 0.25) is 5.90 Å². The molecule has 2 aliphatic rings. The monoisotopic (exact) mass is 381 g/mol. The summed E-state index contributed by atoms with van der Waals surface area (Å²) in [6.07, 6.45) is -0.437. The second-order valence-corrected chi connectivity index (χ2v) is 8.32. The molecule has 1 saturated heterocycles. The Hall–Kier alpha value is -2.18. The number of halogens is 1. The number of hydrogen-bond donors (Lipinski definition) is 0. The maximum absolute atomic E-state index is 13.6. The molecule has 4 rings (SSSR count). The lowest BCUT2D eigenvalue weighted by molar-refractivity contribution is 0.00578. The number of hydrogen-bond acceptors (Lipinski definition) is 4. The lowest BCUT2D eigenvalue weighted by Crippen LogP contribution is -2.41. The molecule has 2 aromatic carbocycles. The van der Waals surface area contributed by atoms with Gasteiger partial charge in [-0.15, -0.1) is 0 Å². The third-order valence-corrected chi connectivity index (χ3v) is 5.84. The van der Waals surface area contributed by atoms with Crippen molar-refractivity contribution in [2.24, 2.45) is 4.99 Å². The molecule has 28 heavy (non-hydrogen) atoms. The van der Waals surface area contributed by atoms with E-state index in [1.54, 1.807) is 0 Å². The van der Waals surface area contributed by atoms with Gasteiger partial charge in [-0.1, -0.05) is 42.5 Å². The maximum atomic E-state index is 13.6. The Morgan fingerprint density at radius 2 is 1.54 bits per heavy atom. The molecule has 0 amide bonds. The van der Waals surface area contributed by atoms with Crippen LogP contribution in [0.25, 0.3) is 0 Å². The summed E-state index contributed by atoms with van der Waals surface area (Å²) < 4.78 is 31.8. The van der Waals surface area contributed by atoms with Crippen LogP contribution in [0.4, 0.5) is 4.39 Å². The van der Waals surface area contributed by atoms with E-state index in [9.17, 15) is 4.39 Å². The first-order chi connectivity index (χ1) is 13.3. The fraction of sp³-hybridized carbons (Fsp3) is 0.409. The van der Waals surface area contributed by atoms with Gasteiger partial charge in [-0.25, -0.2) is 9.38 Å². The van der Waals surface area contributed by atoms with E-state index in [1.807, 2.05) is 82.3 Å². The van der Waals surface area contributed by atoms with E-state index in [0.717, 1.165) is 16.6 Å². The van der Waals surface area contributed by atoms with E-state index < -0.39 is 25.9 Å². The molecule has 1 fully saturated rings. The predicted molar refractivity (Wildman–Crippen MR) is 109 cm³/mol. The molecule has 0 radical (unpaired) electrons. The molecular formula is C22H25BFNO3. The molecule has 6 heteroatoms. The van der Waals surface area contributed by atoms with Crippen molar-refractivity contribution in [1.29, 1.82) is 0 Å². The molecule has 0 aromatic heterocycles. The van der Waals surface area contributed by atoms with E-state index in [4.69, 9.17) is 14.0 Å². The topological polar surface area (TPSA) is 40.0 Å². The highest BCUT2D eigenvalue weighted by Gasteiger charge is 2.51. The molecule has 146 valence electrons. The van der Waals surface area contributed by atoms with Crippen LogP contribution in [0, 0.1) is 0 Å². The average molecular weight is 381 g/mol. The molecule has 2 aromatic rings. The van der Waals surface area contributed by atoms with Crippen molar-refractivity contribution in [3.05, 3.63) is 65.7 Å². The Labute approximate surface area is 165 Å². The molecule has 0 spiro atoms. The van der Waals surface area contributed by atoms with Gasteiger partial charge in [0.1, 0.15) is 12.7 Å². The van der Waals surface area contributed by atoms with Crippen molar-refractivity contribution in [2.75, 3.05) is 6.67 Å². The van der Waals surface area contributed by atoms with Crippen LogP contribution in [-0.2, 0) is 14.0 Å². The van der Waals surface area contributed by atoms with Crippen LogP contribution in [0.2, 0.25) is 0 Å². The fourth-order valence-electron chi connectivity index (χ4n) is 3.40. The summed E-state index contributed by atoms with van der Waals surface area (Å²) in [5, 5.41) is 0. The van der Waals surface area contributed by atoms with E-state index in [0.29, 0.717) is 5.90 Å². The van der Waals surface area contributed by atoms with E-state index >= 15 is 0 Å². The second-order valence-electron chi connectivity index (χ2n) is 8.32. The third-order valence-electron chi connectivity index (χ3n) is 5.84. The van der Waals surface area contributed by atoms with Gasteiger partial charge in [-0.2, -0.15) is 0 Å². The lowest BCUT2D eigenvalue weighted by Gasteiger charge is -2.32. The standard InChI is InChI=1S/C22H25BFNO3/c1-21(2)22(3,4)28-23(27-21)17-12-10-15(11-13-17)19-18(14-24)25-20(26-19)16-8-6-5-7-9-16/h5-13,18-19H,14H2,1-4H3/t18-,19-/m1/s1. The number of aliphatic imine (C=N–C) groups is 1. The van der Waals surface area contributed by atoms with Crippen molar-refractivity contribution in [2.45, 2.75) is 51.0 Å². The van der Waals surface area contributed by atoms with Gasteiger partial charge < -0.3 is 14.0 Å². The van der Waals surface area contributed by atoms with Gasteiger partial charge in [0.25, 0.3) is 0 Å². The Morgan fingerprint density at radius 3 is 2.11 bits per heavy atom. The van der Waals surface area contributed by atoms with Gasteiger partial charge in [-0.05, 0) is 50.9 Å². The zero-order chi connectivity index (χ0) is 19.9. The molecule has 0 saturated carbocycles. The summed E-state index contributed by atoms with van der Waals surface area (Å²) in [7, 11) is -0.420. The lowest BCUT2D eigenvalue weighted by atomic mass is 9.78. The van der Waals surface area contributed by atoms with Crippen LogP contribution < -0.4 is 5.46 Å². The quantitative estimate of drug-likeness (QED) is 0.756. The molecule has 2 heterocycles. The van der Waals surface area contributed by atoms with Crippen molar-refractivity contribution >= 4 is 18.5 Å². The normalized spacial score (nSPS) is 25.5. The minimum Gasteiger partial charge on any atom is -0.467 e. The van der Waals surface area contributed by atoms with E-state index in [-0.39, 0.29) is 11.2 Å². The molecule has 2 aliphatic heterocycles. The Kier molecular flexibility index (Phi) is 4.80. The SMILES string of the molecule is CC1(C)OB(c2ccc([C@H]3OC(c4ccccc4)=N[C@@H]3CF)cc2)OC1(C)C. The highest BCUT2D eigenvalue weighted by Crippen LogP contribution is 2.37. The number of alkyl halides is 1. The van der Waals surface area contributed by atoms with Gasteiger partial charge in [-0.3, -0.25) is 0 Å². The molecule has 0 aliphatic carbocycles. The summed E-state index contributed by atoms with van der Waals surface area (Å²) in [4.78, 5) is 4.44. The smallest absolute Gasteiger partial charge is 0.467 e. The first kappa shape index (κ1) is 19.2. The van der Waals surface area contributed by atoms with Crippen LogP contribution in [-0.4, -0.2) is 36.9 Å². The summed E-state index contributed by atoms with van der Waals surface area (Å²) in [5.41, 5.74) is 1.90. The average Bonchev–Trinajstić information content (AvgIpc) is 3.21. The van der Waals surface area contributed by atoms with Crippen LogP contribution in [0.15, 0.2) is 59.6 Å². The third kappa shape index (κ3) is 3.35. The zero-order valence-corrected chi connectivity index (χ0v) is 16.7. The summed E-state index contributed by atoms with van der Waals surface area (Å²) >= 11 is 0. The van der Waals surface area contributed by atoms with Gasteiger partial charge in [0.05, 0.1) is 11.2 Å². The van der Waals surface area contributed by atoms with Gasteiger partial charge in [0, 0.05) is 5.56 Å². The Morgan fingerprint density at radius 1 is 0.929 bits per heavy atom. The van der Waals surface area contributed by atoms with Gasteiger partial charge in [0.15, 0.2) is 6.10 Å². The maximum Gasteiger partial charge on any atom is 0.494 e. The van der Waals surface area contributed by atoms with Crippen LogP contribution in [0.1, 0.15) is 44.9 Å². The number of benzene rings is 2. The van der Waals surface area contributed by atoms with Crippen molar-refractivity contribution < 1.29 is 18.4 Å². The Bertz CT molecular complexity index is 851.